The molecule has 0 aromatic heterocycles. The van der Waals surface area contributed by atoms with E-state index in [9.17, 15) is 14.7 Å². The highest BCUT2D eigenvalue weighted by molar-refractivity contribution is 5.99. The number of amidine groups is 1. The molecule has 8 nitrogen and oxygen atoms in total. The van der Waals surface area contributed by atoms with Crippen molar-refractivity contribution >= 4 is 28.5 Å². The van der Waals surface area contributed by atoms with E-state index >= 15 is 0 Å². The molecule has 1 heterocycles. The summed E-state index contributed by atoms with van der Waals surface area (Å²) >= 11 is 0. The number of nitrogen functional groups attached to an aromatic ring is 1. The van der Waals surface area contributed by atoms with Crippen molar-refractivity contribution in [2.75, 3.05) is 19.6 Å². The van der Waals surface area contributed by atoms with Crippen LogP contribution in [0.1, 0.15) is 29.0 Å². The number of amides is 1. The van der Waals surface area contributed by atoms with Crippen molar-refractivity contribution in [3.05, 3.63) is 77.4 Å². The Labute approximate surface area is 197 Å². The summed E-state index contributed by atoms with van der Waals surface area (Å²) < 4.78 is 5.98. The van der Waals surface area contributed by atoms with Crippen LogP contribution in [0.2, 0.25) is 0 Å². The number of rotatable bonds is 8. The first-order valence-electron chi connectivity index (χ1n) is 11.2. The number of nitrogens with zero attached hydrogens (tertiary/aromatic N) is 1. The van der Waals surface area contributed by atoms with Crippen molar-refractivity contribution < 1.29 is 19.4 Å². The van der Waals surface area contributed by atoms with Crippen molar-refractivity contribution in [3.63, 3.8) is 0 Å². The van der Waals surface area contributed by atoms with Crippen LogP contribution in [0.3, 0.4) is 0 Å². The van der Waals surface area contributed by atoms with Crippen LogP contribution in [-0.2, 0) is 16.0 Å². The standard InChI is InChI=1S/C26H28N4O4/c27-14-24(31)30-10-9-22(15-30)34-21-7-5-18(6-8-21)23(26(32)33)12-16-1-2-17-3-4-19(25(28)29)13-20(17)11-16/h1-8,11,13,22-23H,9-10,12,14-15,27H2,(H3,28,29)(H,32,33). The molecule has 3 aromatic carbocycles. The first-order valence-corrected chi connectivity index (χ1v) is 11.2. The van der Waals surface area contributed by atoms with Gasteiger partial charge in [-0.25, -0.2) is 0 Å². The van der Waals surface area contributed by atoms with Gasteiger partial charge in [-0.15, -0.1) is 0 Å². The quantitative estimate of drug-likeness (QED) is 0.300. The molecule has 1 aliphatic heterocycles. The summed E-state index contributed by atoms with van der Waals surface area (Å²) in [5, 5.41) is 19.5. The third-order valence-corrected chi connectivity index (χ3v) is 6.21. The van der Waals surface area contributed by atoms with E-state index in [1.807, 2.05) is 30.3 Å². The van der Waals surface area contributed by atoms with Gasteiger partial charge in [0.2, 0.25) is 5.91 Å². The number of ether oxygens (including phenoxy) is 1. The number of aliphatic carboxylic acids is 1. The molecule has 176 valence electrons. The average molecular weight is 461 g/mol. The third-order valence-electron chi connectivity index (χ3n) is 6.21. The highest BCUT2D eigenvalue weighted by Gasteiger charge is 2.27. The number of hydrogen-bond donors (Lipinski definition) is 4. The van der Waals surface area contributed by atoms with Crippen LogP contribution in [-0.4, -0.2) is 53.5 Å². The average Bonchev–Trinajstić information content (AvgIpc) is 3.30. The molecule has 0 bridgehead atoms. The smallest absolute Gasteiger partial charge is 0.311 e. The number of carbonyl (C=O) groups excluding carboxylic acids is 1. The molecule has 1 saturated heterocycles. The lowest BCUT2D eigenvalue weighted by molar-refractivity contribution is -0.138. The van der Waals surface area contributed by atoms with Crippen molar-refractivity contribution in [2.24, 2.45) is 11.5 Å². The summed E-state index contributed by atoms with van der Waals surface area (Å²) in [5.41, 5.74) is 13.2. The summed E-state index contributed by atoms with van der Waals surface area (Å²) in [4.78, 5) is 25.5. The van der Waals surface area contributed by atoms with Gasteiger partial charge in [-0.05, 0) is 46.5 Å². The number of likely N-dealkylation sites (tertiary alicyclic amines) is 1. The zero-order valence-electron chi connectivity index (χ0n) is 18.7. The van der Waals surface area contributed by atoms with E-state index in [0.29, 0.717) is 36.4 Å². The van der Waals surface area contributed by atoms with Gasteiger partial charge in [-0.3, -0.25) is 15.0 Å². The molecule has 3 aromatic rings. The number of benzene rings is 3. The molecule has 1 aliphatic rings. The van der Waals surface area contributed by atoms with E-state index in [2.05, 4.69) is 0 Å². The predicted molar refractivity (Wildman–Crippen MR) is 130 cm³/mol. The molecule has 2 atom stereocenters. The third kappa shape index (κ3) is 5.18. The maximum atomic E-state index is 12.1. The maximum Gasteiger partial charge on any atom is 0.311 e. The van der Waals surface area contributed by atoms with E-state index in [-0.39, 0.29) is 24.4 Å². The second-order valence-corrected chi connectivity index (χ2v) is 8.55. The van der Waals surface area contributed by atoms with Crippen molar-refractivity contribution in [3.8, 4) is 5.75 Å². The molecule has 34 heavy (non-hydrogen) atoms. The zero-order valence-corrected chi connectivity index (χ0v) is 18.7. The van der Waals surface area contributed by atoms with Gasteiger partial charge in [0.05, 0.1) is 19.0 Å². The molecule has 0 aliphatic carbocycles. The lowest BCUT2D eigenvalue weighted by atomic mass is 9.91. The Morgan fingerprint density at radius 2 is 1.82 bits per heavy atom. The van der Waals surface area contributed by atoms with E-state index in [4.69, 9.17) is 21.6 Å². The van der Waals surface area contributed by atoms with Crippen LogP contribution < -0.4 is 16.2 Å². The fourth-order valence-corrected chi connectivity index (χ4v) is 4.33. The normalized spacial score (nSPS) is 16.4. The van der Waals surface area contributed by atoms with Gasteiger partial charge < -0.3 is 26.2 Å². The van der Waals surface area contributed by atoms with E-state index in [1.54, 1.807) is 35.2 Å². The largest absolute Gasteiger partial charge is 0.489 e. The number of carboxylic acids is 1. The lowest BCUT2D eigenvalue weighted by Gasteiger charge is -2.17. The summed E-state index contributed by atoms with van der Waals surface area (Å²) in [6.07, 6.45) is 0.960. The second-order valence-electron chi connectivity index (χ2n) is 8.55. The first-order chi connectivity index (χ1) is 16.3. The molecule has 0 spiro atoms. The molecule has 2 unspecified atom stereocenters. The molecule has 1 fully saturated rings. The predicted octanol–water partition coefficient (Wildman–Crippen LogP) is 2.47. The van der Waals surface area contributed by atoms with Gasteiger partial charge in [0.25, 0.3) is 0 Å². The minimum absolute atomic E-state index is 0.00526. The highest BCUT2D eigenvalue weighted by atomic mass is 16.5. The molecular weight excluding hydrogens is 432 g/mol. The van der Waals surface area contributed by atoms with Crippen molar-refractivity contribution in [2.45, 2.75) is 24.9 Å². The molecule has 6 N–H and O–H groups in total. The first kappa shape index (κ1) is 23.3. The molecule has 0 radical (unpaired) electrons. The molecular formula is C26H28N4O4. The van der Waals surface area contributed by atoms with E-state index in [0.717, 1.165) is 22.8 Å². The van der Waals surface area contributed by atoms with E-state index < -0.39 is 11.9 Å². The second kappa shape index (κ2) is 9.93. The Morgan fingerprint density at radius 3 is 2.50 bits per heavy atom. The molecule has 8 heteroatoms. The van der Waals surface area contributed by atoms with E-state index in [1.165, 1.54) is 0 Å². The van der Waals surface area contributed by atoms with Crippen molar-refractivity contribution in [1.82, 2.24) is 4.90 Å². The Bertz CT molecular complexity index is 1230. The number of nitrogens with one attached hydrogen (secondary N) is 1. The zero-order chi connectivity index (χ0) is 24.2. The molecule has 0 saturated carbocycles. The Kier molecular flexibility index (Phi) is 6.79. The van der Waals surface area contributed by atoms with Crippen LogP contribution in [0.25, 0.3) is 10.8 Å². The summed E-state index contributed by atoms with van der Waals surface area (Å²) in [6, 6.07) is 18.5. The Balaban J connectivity index is 1.47. The van der Waals surface area contributed by atoms with Crippen LogP contribution in [0.15, 0.2) is 60.7 Å². The van der Waals surface area contributed by atoms with Gasteiger partial charge in [0.1, 0.15) is 17.7 Å². The Hall–Kier alpha value is -3.91. The highest BCUT2D eigenvalue weighted by Crippen LogP contribution is 2.27. The fourth-order valence-electron chi connectivity index (χ4n) is 4.33. The summed E-state index contributed by atoms with van der Waals surface area (Å²) in [6.45, 7) is 1.12. The Morgan fingerprint density at radius 1 is 1.09 bits per heavy atom. The minimum atomic E-state index is -0.905. The fraction of sp³-hybridized carbons (Fsp3) is 0.269. The van der Waals surface area contributed by atoms with Crippen LogP contribution >= 0.6 is 0 Å². The van der Waals surface area contributed by atoms with Gasteiger partial charge in [0.15, 0.2) is 0 Å². The lowest BCUT2D eigenvalue weighted by Crippen LogP contribution is -2.35. The van der Waals surface area contributed by atoms with Crippen molar-refractivity contribution in [1.29, 1.82) is 5.41 Å². The van der Waals surface area contributed by atoms with Gasteiger partial charge in [0, 0.05) is 18.5 Å². The molecule has 1 amide bonds. The monoisotopic (exact) mass is 460 g/mol. The number of fused-ring (bicyclic) bond motifs is 1. The molecule has 4 rings (SSSR count). The van der Waals surface area contributed by atoms with Gasteiger partial charge in [-0.1, -0.05) is 42.5 Å². The van der Waals surface area contributed by atoms with Crippen LogP contribution in [0.5, 0.6) is 5.75 Å². The summed E-state index contributed by atoms with van der Waals surface area (Å²) in [5.74, 6) is -1.07. The topological polar surface area (TPSA) is 143 Å². The van der Waals surface area contributed by atoms with Crippen LogP contribution in [0, 0.1) is 5.41 Å². The number of carbonyl (C=O) groups is 2. The maximum absolute atomic E-state index is 12.1. The SMILES string of the molecule is N=C(N)c1ccc2ccc(CC(C(=O)O)c3ccc(OC4CCN(C(=O)CN)C4)cc3)cc2c1. The number of hydrogen-bond acceptors (Lipinski definition) is 5. The minimum Gasteiger partial charge on any atom is -0.489 e. The van der Waals surface area contributed by atoms with Crippen LogP contribution in [0.4, 0.5) is 0 Å². The van der Waals surface area contributed by atoms with Gasteiger partial charge >= 0.3 is 5.97 Å². The number of nitrogens with two attached hydrogens (primary N) is 2. The van der Waals surface area contributed by atoms with Gasteiger partial charge in [-0.2, -0.15) is 0 Å². The number of carboxylic acid groups (broad SMARTS) is 1. The summed E-state index contributed by atoms with van der Waals surface area (Å²) in [7, 11) is 0.